The van der Waals surface area contributed by atoms with E-state index in [9.17, 15) is 13.2 Å². The molecule has 0 aliphatic heterocycles. The molecule has 0 aliphatic rings. The van der Waals surface area contributed by atoms with Gasteiger partial charge in [0.15, 0.2) is 4.67 Å². The minimum atomic E-state index is -4.43. The van der Waals surface area contributed by atoms with E-state index in [4.69, 9.17) is 4.42 Å². The van der Waals surface area contributed by atoms with Gasteiger partial charge in [-0.2, -0.15) is 13.2 Å². The zero-order valence-electron chi connectivity index (χ0n) is 9.83. The van der Waals surface area contributed by atoms with Crippen LogP contribution >= 0.6 is 15.9 Å². The number of hydrogen-bond acceptors (Lipinski definition) is 3. The molecule has 0 spiro atoms. The van der Waals surface area contributed by atoms with Crippen LogP contribution < -0.4 is 5.32 Å². The van der Waals surface area contributed by atoms with E-state index in [2.05, 4.69) is 26.2 Å². The number of aromatic nitrogens is 1. The summed E-state index contributed by atoms with van der Waals surface area (Å²) < 4.78 is 44.7. The topological polar surface area (TPSA) is 38.1 Å². The van der Waals surface area contributed by atoms with E-state index in [1.807, 2.05) is 0 Å². The van der Waals surface area contributed by atoms with Crippen LogP contribution in [0.15, 0.2) is 39.7 Å². The quantitative estimate of drug-likeness (QED) is 0.928. The first-order valence-electron chi connectivity index (χ1n) is 5.37. The zero-order valence-corrected chi connectivity index (χ0v) is 11.4. The summed E-state index contributed by atoms with van der Waals surface area (Å²) in [5, 5.41) is 2.81. The Labute approximate surface area is 116 Å². The van der Waals surface area contributed by atoms with Gasteiger partial charge in [0.1, 0.15) is 5.76 Å². The van der Waals surface area contributed by atoms with Gasteiger partial charge < -0.3 is 9.73 Å². The van der Waals surface area contributed by atoms with Crippen LogP contribution in [0.2, 0.25) is 0 Å². The van der Waals surface area contributed by atoms with Crippen LogP contribution in [0.1, 0.15) is 22.9 Å². The Kier molecular flexibility index (Phi) is 3.96. The number of pyridine rings is 1. The van der Waals surface area contributed by atoms with Gasteiger partial charge in [-0.1, -0.05) is 0 Å². The lowest BCUT2D eigenvalue weighted by Crippen LogP contribution is -2.21. The summed E-state index contributed by atoms with van der Waals surface area (Å²) in [6, 6.07) is 3.48. The van der Waals surface area contributed by atoms with Crippen LogP contribution in [0.25, 0.3) is 0 Å². The fourth-order valence-corrected chi connectivity index (χ4v) is 2.15. The highest BCUT2D eigenvalue weighted by atomic mass is 79.9. The van der Waals surface area contributed by atoms with Crippen LogP contribution in [0.5, 0.6) is 0 Å². The molecule has 0 amide bonds. The lowest BCUT2D eigenvalue weighted by molar-refractivity contribution is -0.138. The summed E-state index contributed by atoms with van der Waals surface area (Å²) in [4.78, 5) is 3.77. The van der Waals surface area contributed by atoms with Crippen LogP contribution in [0.4, 0.5) is 13.2 Å². The first kappa shape index (κ1) is 14.1. The average Bonchev–Trinajstić information content (AvgIpc) is 2.76. The number of nitrogens with zero attached hydrogens (tertiary/aromatic N) is 1. The molecule has 19 heavy (non-hydrogen) atoms. The van der Waals surface area contributed by atoms with Crippen LogP contribution in [-0.4, -0.2) is 12.0 Å². The molecule has 0 saturated heterocycles. The maximum absolute atomic E-state index is 13.0. The molecule has 1 N–H and O–H groups in total. The summed E-state index contributed by atoms with van der Waals surface area (Å²) in [6.45, 7) is 0. The fraction of sp³-hybridized carbons (Fsp3) is 0.250. The van der Waals surface area contributed by atoms with Gasteiger partial charge in [0.25, 0.3) is 0 Å². The van der Waals surface area contributed by atoms with Crippen molar-refractivity contribution in [2.75, 3.05) is 7.05 Å². The molecule has 0 aromatic carbocycles. The molecule has 1 atom stereocenters. The third-order valence-electron chi connectivity index (χ3n) is 2.64. The van der Waals surface area contributed by atoms with Crippen LogP contribution in [0, 0.1) is 0 Å². The van der Waals surface area contributed by atoms with Crippen molar-refractivity contribution in [3.8, 4) is 0 Å². The normalized spacial score (nSPS) is 13.5. The monoisotopic (exact) mass is 334 g/mol. The minimum absolute atomic E-state index is 0.0272. The van der Waals surface area contributed by atoms with Crippen molar-refractivity contribution in [1.29, 1.82) is 0 Å². The summed E-state index contributed by atoms with van der Waals surface area (Å²) in [7, 11) is 1.56. The summed E-state index contributed by atoms with van der Waals surface area (Å²) in [5.74, 6) is 0.382. The molecule has 0 saturated carbocycles. The first-order chi connectivity index (χ1) is 8.93. The Balaban J connectivity index is 2.50. The summed E-state index contributed by atoms with van der Waals surface area (Å²) >= 11 is 3.13. The first-order valence-corrected chi connectivity index (χ1v) is 6.16. The van der Waals surface area contributed by atoms with Crippen molar-refractivity contribution < 1.29 is 17.6 Å². The van der Waals surface area contributed by atoms with Gasteiger partial charge in [0, 0.05) is 18.0 Å². The molecule has 0 aliphatic carbocycles. The average molecular weight is 335 g/mol. The van der Waals surface area contributed by atoms with E-state index < -0.39 is 17.8 Å². The molecule has 2 heterocycles. The predicted molar refractivity (Wildman–Crippen MR) is 66.5 cm³/mol. The maximum atomic E-state index is 13.0. The van der Waals surface area contributed by atoms with Crippen molar-refractivity contribution >= 4 is 15.9 Å². The lowest BCUT2D eigenvalue weighted by atomic mass is 10.0. The third kappa shape index (κ3) is 2.98. The highest BCUT2D eigenvalue weighted by Crippen LogP contribution is 2.36. The molecule has 102 valence electrons. The molecule has 0 fully saturated rings. The number of hydrogen-bond donors (Lipinski definition) is 1. The molecule has 7 heteroatoms. The Bertz CT molecular complexity index is 568. The van der Waals surface area contributed by atoms with Crippen LogP contribution in [0.3, 0.4) is 0 Å². The number of alkyl halides is 3. The van der Waals surface area contributed by atoms with Crippen molar-refractivity contribution in [3.05, 3.63) is 52.1 Å². The van der Waals surface area contributed by atoms with E-state index in [0.29, 0.717) is 10.4 Å². The standard InChI is InChI=1S/C12H10BrF3N2O/c1-17-11(9-2-3-10(13)19-9)7-6-18-5-4-8(7)12(14,15)16/h2-6,11,17H,1H3. The molecular weight excluding hydrogens is 325 g/mol. The second-order valence-electron chi connectivity index (χ2n) is 3.82. The number of halogens is 4. The molecule has 0 radical (unpaired) electrons. The van der Waals surface area contributed by atoms with E-state index in [0.717, 1.165) is 12.3 Å². The van der Waals surface area contributed by atoms with Crippen LogP contribution in [-0.2, 0) is 6.18 Å². The Morgan fingerprint density at radius 3 is 2.58 bits per heavy atom. The molecule has 2 rings (SSSR count). The van der Waals surface area contributed by atoms with Gasteiger partial charge in [-0.05, 0) is 41.2 Å². The minimum Gasteiger partial charge on any atom is -0.452 e. The number of furan rings is 1. The number of rotatable bonds is 3. The highest BCUT2D eigenvalue weighted by molar-refractivity contribution is 9.10. The van der Waals surface area contributed by atoms with E-state index in [-0.39, 0.29) is 5.56 Å². The Morgan fingerprint density at radius 2 is 2.05 bits per heavy atom. The molecular formula is C12H10BrF3N2O. The fourth-order valence-electron chi connectivity index (χ4n) is 1.83. The Morgan fingerprint density at radius 1 is 1.32 bits per heavy atom. The smallest absolute Gasteiger partial charge is 0.416 e. The van der Waals surface area contributed by atoms with E-state index in [1.54, 1.807) is 19.2 Å². The third-order valence-corrected chi connectivity index (χ3v) is 3.06. The van der Waals surface area contributed by atoms with Gasteiger partial charge in [0.05, 0.1) is 11.6 Å². The highest BCUT2D eigenvalue weighted by Gasteiger charge is 2.36. The van der Waals surface area contributed by atoms with Gasteiger partial charge in [-0.3, -0.25) is 4.98 Å². The number of nitrogens with one attached hydrogen (secondary N) is 1. The predicted octanol–water partition coefficient (Wildman–Crippen LogP) is 3.76. The molecule has 2 aromatic heterocycles. The maximum Gasteiger partial charge on any atom is 0.416 e. The molecule has 2 aromatic rings. The van der Waals surface area contributed by atoms with Gasteiger partial charge in [0.2, 0.25) is 0 Å². The lowest BCUT2D eigenvalue weighted by Gasteiger charge is -2.19. The molecule has 1 unspecified atom stereocenters. The van der Waals surface area contributed by atoms with Crippen molar-refractivity contribution in [3.63, 3.8) is 0 Å². The van der Waals surface area contributed by atoms with Crippen molar-refractivity contribution in [2.45, 2.75) is 12.2 Å². The largest absolute Gasteiger partial charge is 0.452 e. The second-order valence-corrected chi connectivity index (χ2v) is 4.61. The van der Waals surface area contributed by atoms with E-state index in [1.165, 1.54) is 6.20 Å². The summed E-state index contributed by atoms with van der Waals surface area (Å²) in [5.41, 5.74) is -0.700. The van der Waals surface area contributed by atoms with Crippen molar-refractivity contribution in [2.24, 2.45) is 0 Å². The van der Waals surface area contributed by atoms with Gasteiger partial charge in [-0.25, -0.2) is 0 Å². The SMILES string of the molecule is CNC(c1ccc(Br)o1)c1cnccc1C(F)(F)F. The zero-order chi connectivity index (χ0) is 14.0. The summed E-state index contributed by atoms with van der Waals surface area (Å²) in [6.07, 6.45) is -2.12. The van der Waals surface area contributed by atoms with Gasteiger partial charge in [-0.15, -0.1) is 0 Å². The second kappa shape index (κ2) is 5.34. The van der Waals surface area contributed by atoms with Gasteiger partial charge >= 0.3 is 6.18 Å². The Hall–Kier alpha value is -1.34. The molecule has 0 bridgehead atoms. The molecule has 3 nitrogen and oxygen atoms in total. The van der Waals surface area contributed by atoms with E-state index >= 15 is 0 Å². The van der Waals surface area contributed by atoms with Crippen molar-refractivity contribution in [1.82, 2.24) is 10.3 Å².